The second kappa shape index (κ2) is 6.71. The van der Waals surface area contributed by atoms with Gasteiger partial charge in [0.2, 0.25) is 5.91 Å². The maximum atomic E-state index is 11.8. The number of rotatable bonds is 6. The normalized spacial score (nSPS) is 13.1. The molecule has 0 saturated heterocycles. The maximum Gasteiger partial charge on any atom is 0.224 e. The van der Waals surface area contributed by atoms with Crippen molar-refractivity contribution < 1.29 is 4.79 Å². The average molecular weight is 262 g/mol. The van der Waals surface area contributed by atoms with Gasteiger partial charge in [-0.25, -0.2) is 0 Å². The van der Waals surface area contributed by atoms with Crippen molar-refractivity contribution in [2.45, 2.75) is 46.0 Å². The topological polar surface area (TPSA) is 55.1 Å². The predicted octanol–water partition coefficient (Wildman–Crippen LogP) is 3.30. The average Bonchev–Trinajstić information content (AvgIpc) is 2.39. The molecule has 3 nitrogen and oxygen atoms in total. The van der Waals surface area contributed by atoms with Crippen LogP contribution in [-0.2, 0) is 10.2 Å². The zero-order valence-electron chi connectivity index (χ0n) is 12.5. The first-order valence-corrected chi connectivity index (χ1v) is 6.99. The van der Waals surface area contributed by atoms with Gasteiger partial charge in [0.1, 0.15) is 0 Å². The Morgan fingerprint density at radius 1 is 1.32 bits per heavy atom. The van der Waals surface area contributed by atoms with E-state index in [9.17, 15) is 4.79 Å². The third-order valence-corrected chi connectivity index (χ3v) is 3.69. The summed E-state index contributed by atoms with van der Waals surface area (Å²) in [6.45, 7) is 9.02. The molecule has 0 bridgehead atoms. The van der Waals surface area contributed by atoms with E-state index in [-0.39, 0.29) is 11.3 Å². The Labute approximate surface area is 116 Å². The van der Waals surface area contributed by atoms with Crippen LogP contribution < -0.4 is 11.1 Å². The van der Waals surface area contributed by atoms with Gasteiger partial charge >= 0.3 is 0 Å². The van der Waals surface area contributed by atoms with Crippen molar-refractivity contribution in [2.24, 2.45) is 11.7 Å². The van der Waals surface area contributed by atoms with Crippen LogP contribution in [0.1, 0.15) is 46.1 Å². The van der Waals surface area contributed by atoms with Crippen LogP contribution >= 0.6 is 0 Å². The second-order valence-corrected chi connectivity index (χ2v) is 5.93. The minimum Gasteiger partial charge on any atom is -0.330 e. The Morgan fingerprint density at radius 2 is 1.89 bits per heavy atom. The van der Waals surface area contributed by atoms with E-state index < -0.39 is 0 Å². The van der Waals surface area contributed by atoms with Gasteiger partial charge in [-0.05, 0) is 23.6 Å². The van der Waals surface area contributed by atoms with Crippen LogP contribution in [0.3, 0.4) is 0 Å². The molecule has 1 aromatic carbocycles. The molecule has 0 spiro atoms. The summed E-state index contributed by atoms with van der Waals surface area (Å²) in [7, 11) is 0. The summed E-state index contributed by atoms with van der Waals surface area (Å²) in [5, 5.41) is 2.93. The summed E-state index contributed by atoms with van der Waals surface area (Å²) in [6.07, 6.45) is 1.60. The number of benzene rings is 1. The Morgan fingerprint density at radius 3 is 2.37 bits per heavy atom. The summed E-state index contributed by atoms with van der Waals surface area (Å²) in [5.41, 5.74) is 7.77. The maximum absolute atomic E-state index is 11.8. The van der Waals surface area contributed by atoms with E-state index >= 15 is 0 Å². The fourth-order valence-electron chi connectivity index (χ4n) is 1.80. The first-order chi connectivity index (χ1) is 8.89. The van der Waals surface area contributed by atoms with Crippen LogP contribution in [0, 0.1) is 5.92 Å². The molecule has 0 heterocycles. The largest absolute Gasteiger partial charge is 0.330 e. The molecular formula is C16H26N2O. The molecule has 0 aliphatic carbocycles. The Kier molecular flexibility index (Phi) is 5.55. The molecule has 19 heavy (non-hydrogen) atoms. The SMILES string of the molecule is CCC(C)CC(=O)Nc1ccc(C(C)(C)CN)cc1. The summed E-state index contributed by atoms with van der Waals surface area (Å²) in [6, 6.07) is 7.96. The van der Waals surface area contributed by atoms with E-state index in [0.29, 0.717) is 18.9 Å². The third-order valence-electron chi connectivity index (χ3n) is 3.69. The van der Waals surface area contributed by atoms with E-state index in [1.54, 1.807) is 0 Å². The van der Waals surface area contributed by atoms with Gasteiger partial charge in [0, 0.05) is 24.1 Å². The molecule has 0 radical (unpaired) electrons. The van der Waals surface area contributed by atoms with Crippen molar-refractivity contribution in [2.75, 3.05) is 11.9 Å². The van der Waals surface area contributed by atoms with E-state index in [2.05, 4.69) is 33.0 Å². The molecule has 1 rings (SSSR count). The molecule has 1 unspecified atom stereocenters. The highest BCUT2D eigenvalue weighted by Gasteiger charge is 2.18. The Hall–Kier alpha value is -1.35. The lowest BCUT2D eigenvalue weighted by Gasteiger charge is -2.23. The molecular weight excluding hydrogens is 236 g/mol. The standard InChI is InChI=1S/C16H26N2O/c1-5-12(2)10-15(19)18-14-8-6-13(7-9-14)16(3,4)11-17/h6-9,12H,5,10-11,17H2,1-4H3,(H,18,19). The summed E-state index contributed by atoms with van der Waals surface area (Å²) in [4.78, 5) is 11.8. The van der Waals surface area contributed by atoms with Crippen LogP contribution in [0.15, 0.2) is 24.3 Å². The van der Waals surface area contributed by atoms with Gasteiger partial charge in [-0.15, -0.1) is 0 Å². The lowest BCUT2D eigenvalue weighted by atomic mass is 9.85. The summed E-state index contributed by atoms with van der Waals surface area (Å²) in [5.74, 6) is 0.510. The zero-order chi connectivity index (χ0) is 14.5. The van der Waals surface area contributed by atoms with E-state index in [1.807, 2.05) is 24.3 Å². The molecule has 1 atom stereocenters. The number of hydrogen-bond donors (Lipinski definition) is 2. The van der Waals surface area contributed by atoms with Crippen molar-refractivity contribution >= 4 is 11.6 Å². The molecule has 1 amide bonds. The third kappa shape index (κ3) is 4.67. The number of nitrogens with two attached hydrogens (primary N) is 1. The van der Waals surface area contributed by atoms with Gasteiger partial charge in [-0.2, -0.15) is 0 Å². The highest BCUT2D eigenvalue weighted by molar-refractivity contribution is 5.90. The molecule has 0 aliphatic heterocycles. The summed E-state index contributed by atoms with van der Waals surface area (Å²) >= 11 is 0. The van der Waals surface area contributed by atoms with Gasteiger partial charge in [0.15, 0.2) is 0 Å². The molecule has 3 heteroatoms. The van der Waals surface area contributed by atoms with Crippen molar-refractivity contribution in [3.8, 4) is 0 Å². The molecule has 3 N–H and O–H groups in total. The number of nitrogens with one attached hydrogen (secondary N) is 1. The first kappa shape index (κ1) is 15.7. The fraction of sp³-hybridized carbons (Fsp3) is 0.562. The number of amides is 1. The molecule has 0 aliphatic rings. The highest BCUT2D eigenvalue weighted by atomic mass is 16.1. The number of carbonyl (C=O) groups is 1. The fourth-order valence-corrected chi connectivity index (χ4v) is 1.80. The monoisotopic (exact) mass is 262 g/mol. The molecule has 106 valence electrons. The van der Waals surface area contributed by atoms with Crippen molar-refractivity contribution in [3.05, 3.63) is 29.8 Å². The number of hydrogen-bond acceptors (Lipinski definition) is 2. The molecule has 1 aromatic rings. The van der Waals surface area contributed by atoms with Crippen molar-refractivity contribution in [1.29, 1.82) is 0 Å². The quantitative estimate of drug-likeness (QED) is 0.826. The van der Waals surface area contributed by atoms with Crippen LogP contribution in [0.2, 0.25) is 0 Å². The molecule has 0 fully saturated rings. The van der Waals surface area contributed by atoms with Gasteiger partial charge in [-0.3, -0.25) is 4.79 Å². The van der Waals surface area contributed by atoms with Gasteiger partial charge in [0.25, 0.3) is 0 Å². The van der Waals surface area contributed by atoms with Gasteiger partial charge in [-0.1, -0.05) is 46.2 Å². The van der Waals surface area contributed by atoms with E-state index in [4.69, 9.17) is 5.73 Å². The lowest BCUT2D eigenvalue weighted by Crippen LogP contribution is -2.28. The smallest absolute Gasteiger partial charge is 0.224 e. The zero-order valence-corrected chi connectivity index (χ0v) is 12.5. The van der Waals surface area contributed by atoms with Gasteiger partial charge < -0.3 is 11.1 Å². The van der Waals surface area contributed by atoms with Crippen LogP contribution in [0.25, 0.3) is 0 Å². The van der Waals surface area contributed by atoms with Crippen LogP contribution in [0.4, 0.5) is 5.69 Å². The number of anilines is 1. The van der Waals surface area contributed by atoms with Crippen LogP contribution in [-0.4, -0.2) is 12.5 Å². The van der Waals surface area contributed by atoms with E-state index in [0.717, 1.165) is 12.1 Å². The van der Waals surface area contributed by atoms with Crippen molar-refractivity contribution in [3.63, 3.8) is 0 Å². The second-order valence-electron chi connectivity index (χ2n) is 5.93. The molecule has 0 saturated carbocycles. The molecule has 0 aromatic heterocycles. The predicted molar refractivity (Wildman–Crippen MR) is 81.2 cm³/mol. The number of carbonyl (C=O) groups excluding carboxylic acids is 1. The minimum absolute atomic E-state index is 0.0285. The van der Waals surface area contributed by atoms with Crippen molar-refractivity contribution in [1.82, 2.24) is 0 Å². The Balaban J connectivity index is 2.65. The van der Waals surface area contributed by atoms with Gasteiger partial charge in [0.05, 0.1) is 0 Å². The minimum atomic E-state index is -0.0285. The van der Waals surface area contributed by atoms with E-state index in [1.165, 1.54) is 5.56 Å². The lowest BCUT2D eigenvalue weighted by molar-refractivity contribution is -0.117. The highest BCUT2D eigenvalue weighted by Crippen LogP contribution is 2.23. The van der Waals surface area contributed by atoms with Crippen LogP contribution in [0.5, 0.6) is 0 Å². The first-order valence-electron chi connectivity index (χ1n) is 6.99. The Bertz CT molecular complexity index is 409. The summed E-state index contributed by atoms with van der Waals surface area (Å²) < 4.78 is 0.